The van der Waals surface area contributed by atoms with Crippen LogP contribution < -0.4 is 0 Å². The van der Waals surface area contributed by atoms with Crippen LogP contribution in [0.15, 0.2) is 22.8 Å². The lowest BCUT2D eigenvalue weighted by Crippen LogP contribution is -2.36. The first-order chi connectivity index (χ1) is 7.18. The molecule has 4 nitrogen and oxygen atoms in total. The standard InChI is InChI=1S/C11H15NO3/c1-12-5-4-8(11(13)14)7-9(12)10-3-2-6-15-10/h2-3,6,8-9H,4-5,7H2,1H3,(H,13,14). The monoisotopic (exact) mass is 209 g/mol. The molecule has 1 fully saturated rings. The zero-order chi connectivity index (χ0) is 10.8. The van der Waals surface area contributed by atoms with E-state index in [2.05, 4.69) is 4.90 Å². The predicted molar refractivity (Wildman–Crippen MR) is 54.4 cm³/mol. The Morgan fingerprint density at radius 3 is 3.07 bits per heavy atom. The molecule has 1 aliphatic rings. The van der Waals surface area contributed by atoms with E-state index >= 15 is 0 Å². The highest BCUT2D eigenvalue weighted by molar-refractivity contribution is 5.70. The first kappa shape index (κ1) is 10.2. The van der Waals surface area contributed by atoms with Crippen LogP contribution in [0.3, 0.4) is 0 Å². The first-order valence-electron chi connectivity index (χ1n) is 5.15. The summed E-state index contributed by atoms with van der Waals surface area (Å²) in [4.78, 5) is 13.1. The molecular weight excluding hydrogens is 194 g/mol. The van der Waals surface area contributed by atoms with Gasteiger partial charge in [0.05, 0.1) is 18.2 Å². The Labute approximate surface area is 88.5 Å². The second-order valence-electron chi connectivity index (χ2n) is 4.07. The van der Waals surface area contributed by atoms with Crippen molar-refractivity contribution in [1.29, 1.82) is 0 Å². The molecule has 0 saturated carbocycles. The zero-order valence-corrected chi connectivity index (χ0v) is 8.72. The second-order valence-corrected chi connectivity index (χ2v) is 4.07. The van der Waals surface area contributed by atoms with Crippen molar-refractivity contribution in [3.05, 3.63) is 24.2 Å². The maximum atomic E-state index is 10.9. The minimum absolute atomic E-state index is 0.106. The predicted octanol–water partition coefficient (Wildman–Crippen LogP) is 1.75. The van der Waals surface area contributed by atoms with Crippen LogP contribution in [0.1, 0.15) is 24.6 Å². The number of nitrogens with zero attached hydrogens (tertiary/aromatic N) is 1. The van der Waals surface area contributed by atoms with E-state index in [1.165, 1.54) is 0 Å². The van der Waals surface area contributed by atoms with Gasteiger partial charge in [0.1, 0.15) is 5.76 Å². The Hall–Kier alpha value is -1.29. The third-order valence-electron chi connectivity index (χ3n) is 3.09. The largest absolute Gasteiger partial charge is 0.481 e. The van der Waals surface area contributed by atoms with Gasteiger partial charge in [0.2, 0.25) is 0 Å². The number of hydrogen-bond acceptors (Lipinski definition) is 3. The smallest absolute Gasteiger partial charge is 0.306 e. The number of furan rings is 1. The van der Waals surface area contributed by atoms with E-state index in [9.17, 15) is 4.79 Å². The van der Waals surface area contributed by atoms with Crippen molar-refractivity contribution in [3.63, 3.8) is 0 Å². The lowest BCUT2D eigenvalue weighted by Gasteiger charge is -2.34. The molecule has 2 rings (SSSR count). The Morgan fingerprint density at radius 2 is 2.47 bits per heavy atom. The molecule has 0 radical (unpaired) electrons. The molecule has 15 heavy (non-hydrogen) atoms. The summed E-state index contributed by atoms with van der Waals surface area (Å²) in [5.74, 6) is -0.0700. The van der Waals surface area contributed by atoms with Crippen molar-refractivity contribution in [2.24, 2.45) is 5.92 Å². The molecule has 1 aromatic heterocycles. The molecule has 0 aromatic carbocycles. The molecule has 4 heteroatoms. The van der Waals surface area contributed by atoms with Crippen LogP contribution >= 0.6 is 0 Å². The van der Waals surface area contributed by atoms with Crippen molar-refractivity contribution in [3.8, 4) is 0 Å². The van der Waals surface area contributed by atoms with Crippen LogP contribution in [0.25, 0.3) is 0 Å². The average molecular weight is 209 g/mol. The Morgan fingerprint density at radius 1 is 1.67 bits per heavy atom. The topological polar surface area (TPSA) is 53.7 Å². The van der Waals surface area contributed by atoms with Gasteiger partial charge in [-0.2, -0.15) is 0 Å². The highest BCUT2D eigenvalue weighted by Gasteiger charge is 2.32. The fourth-order valence-corrected chi connectivity index (χ4v) is 2.12. The molecule has 1 aromatic rings. The van der Waals surface area contributed by atoms with Crippen molar-refractivity contribution in [2.45, 2.75) is 18.9 Å². The fourth-order valence-electron chi connectivity index (χ4n) is 2.12. The van der Waals surface area contributed by atoms with Crippen LogP contribution in [-0.4, -0.2) is 29.6 Å². The van der Waals surface area contributed by atoms with Crippen molar-refractivity contribution in [2.75, 3.05) is 13.6 Å². The lowest BCUT2D eigenvalue weighted by atomic mass is 9.90. The van der Waals surface area contributed by atoms with Gasteiger partial charge in [0.15, 0.2) is 0 Å². The minimum atomic E-state index is -0.695. The van der Waals surface area contributed by atoms with Crippen LogP contribution in [0.4, 0.5) is 0 Å². The van der Waals surface area contributed by atoms with Crippen LogP contribution in [-0.2, 0) is 4.79 Å². The molecule has 0 bridgehead atoms. The molecule has 1 saturated heterocycles. The molecule has 0 amide bonds. The summed E-state index contributed by atoms with van der Waals surface area (Å²) in [5.41, 5.74) is 0. The van der Waals surface area contributed by atoms with E-state index in [-0.39, 0.29) is 12.0 Å². The van der Waals surface area contributed by atoms with E-state index in [0.29, 0.717) is 6.42 Å². The lowest BCUT2D eigenvalue weighted by molar-refractivity contribution is -0.144. The quantitative estimate of drug-likeness (QED) is 0.806. The molecule has 2 atom stereocenters. The SMILES string of the molecule is CN1CCC(C(=O)O)CC1c1ccco1. The second kappa shape index (κ2) is 4.06. The van der Waals surface area contributed by atoms with E-state index in [4.69, 9.17) is 9.52 Å². The van der Waals surface area contributed by atoms with Gasteiger partial charge >= 0.3 is 5.97 Å². The Kier molecular flexibility index (Phi) is 2.77. The van der Waals surface area contributed by atoms with Gasteiger partial charge in [-0.15, -0.1) is 0 Å². The number of carboxylic acid groups (broad SMARTS) is 1. The first-order valence-corrected chi connectivity index (χ1v) is 5.15. The molecule has 1 N–H and O–H groups in total. The van der Waals surface area contributed by atoms with Gasteiger partial charge < -0.3 is 9.52 Å². The van der Waals surface area contributed by atoms with Crippen LogP contribution in [0, 0.1) is 5.92 Å². The fraction of sp³-hybridized carbons (Fsp3) is 0.545. The normalized spacial score (nSPS) is 27.8. The third kappa shape index (κ3) is 2.04. The number of carbonyl (C=O) groups is 1. The molecule has 2 heterocycles. The van der Waals surface area contributed by atoms with Crippen molar-refractivity contribution < 1.29 is 14.3 Å². The number of likely N-dealkylation sites (tertiary alicyclic amines) is 1. The van der Waals surface area contributed by atoms with Crippen molar-refractivity contribution in [1.82, 2.24) is 4.90 Å². The number of aliphatic carboxylic acids is 1. The van der Waals surface area contributed by atoms with Gasteiger partial charge in [-0.3, -0.25) is 9.69 Å². The van der Waals surface area contributed by atoms with Gasteiger partial charge in [-0.1, -0.05) is 0 Å². The summed E-state index contributed by atoms with van der Waals surface area (Å²) in [6, 6.07) is 3.86. The minimum Gasteiger partial charge on any atom is -0.481 e. The van der Waals surface area contributed by atoms with Crippen LogP contribution in [0.2, 0.25) is 0 Å². The maximum absolute atomic E-state index is 10.9. The molecule has 0 aliphatic carbocycles. The van der Waals surface area contributed by atoms with Gasteiger partial charge in [0.25, 0.3) is 0 Å². The van der Waals surface area contributed by atoms with Gasteiger partial charge in [-0.25, -0.2) is 0 Å². The van der Waals surface area contributed by atoms with E-state index in [1.807, 2.05) is 19.2 Å². The summed E-state index contributed by atoms with van der Waals surface area (Å²) in [5, 5.41) is 8.99. The Bertz CT molecular complexity index is 334. The summed E-state index contributed by atoms with van der Waals surface area (Å²) < 4.78 is 5.34. The van der Waals surface area contributed by atoms with Crippen molar-refractivity contribution >= 4 is 5.97 Å². The van der Waals surface area contributed by atoms with Gasteiger partial charge in [-0.05, 0) is 38.6 Å². The molecule has 82 valence electrons. The van der Waals surface area contributed by atoms with Gasteiger partial charge in [0, 0.05) is 0 Å². The number of carboxylic acids is 1. The molecule has 2 unspecified atom stereocenters. The summed E-state index contributed by atoms with van der Waals surface area (Å²) in [6.45, 7) is 0.808. The van der Waals surface area contributed by atoms with E-state index in [1.54, 1.807) is 6.26 Å². The number of hydrogen-bond donors (Lipinski definition) is 1. The maximum Gasteiger partial charge on any atom is 0.306 e. The highest BCUT2D eigenvalue weighted by atomic mass is 16.4. The molecule has 1 aliphatic heterocycles. The Balaban J connectivity index is 2.12. The highest BCUT2D eigenvalue weighted by Crippen LogP contribution is 2.33. The summed E-state index contributed by atoms with van der Waals surface area (Å²) >= 11 is 0. The van der Waals surface area contributed by atoms with E-state index in [0.717, 1.165) is 18.7 Å². The third-order valence-corrected chi connectivity index (χ3v) is 3.09. The van der Waals surface area contributed by atoms with E-state index < -0.39 is 5.97 Å². The summed E-state index contributed by atoms with van der Waals surface area (Å²) in [6.07, 6.45) is 3.00. The molecule has 0 spiro atoms. The summed E-state index contributed by atoms with van der Waals surface area (Å²) in [7, 11) is 2.01. The van der Waals surface area contributed by atoms with Crippen LogP contribution in [0.5, 0.6) is 0 Å². The zero-order valence-electron chi connectivity index (χ0n) is 8.72. The number of piperidine rings is 1. The number of rotatable bonds is 2. The average Bonchev–Trinajstić information content (AvgIpc) is 2.71. The molecular formula is C11H15NO3.